The molecule has 1 aromatic carbocycles. The van der Waals surface area contributed by atoms with E-state index in [9.17, 15) is 10.1 Å². The third-order valence-corrected chi connectivity index (χ3v) is 6.46. The number of aromatic nitrogens is 1. The van der Waals surface area contributed by atoms with Crippen LogP contribution in [0.25, 0.3) is 0 Å². The van der Waals surface area contributed by atoms with E-state index < -0.39 is 5.41 Å². The SMILES string of the molecule is C=C/C=C(\C(=C)OC)C(=O)NCC1(c2ccccc2F)CCN(C(=NCc2ccncc2)NC#N)CC1. The average molecular weight is 503 g/mol. The highest BCUT2D eigenvalue weighted by molar-refractivity contribution is 5.97. The molecule has 1 aliphatic rings. The van der Waals surface area contributed by atoms with Gasteiger partial charge < -0.3 is 15.0 Å². The van der Waals surface area contributed by atoms with Crippen molar-refractivity contribution in [2.24, 2.45) is 4.99 Å². The van der Waals surface area contributed by atoms with Gasteiger partial charge in [0, 0.05) is 37.4 Å². The molecule has 1 saturated heterocycles. The minimum Gasteiger partial charge on any atom is -0.497 e. The van der Waals surface area contributed by atoms with Crippen LogP contribution in [0, 0.1) is 17.3 Å². The van der Waals surface area contributed by atoms with Crippen LogP contribution in [0.4, 0.5) is 4.39 Å². The maximum absolute atomic E-state index is 15.0. The molecular formula is C28H31FN6O2. The van der Waals surface area contributed by atoms with Crippen molar-refractivity contribution in [2.45, 2.75) is 24.8 Å². The zero-order chi connectivity index (χ0) is 26.7. The standard InChI is InChI=1S/C28H31FN6O2/c1-4-7-23(21(2)37-3)26(36)33-19-28(24-8-5-6-9-25(24)29)12-16-35(17-13-28)27(34-20-30)32-18-22-10-14-31-15-11-22/h4-11,14-15H,1-2,12-13,16-19H2,3H3,(H,32,34)(H,33,36)/b23-7+. The number of carbonyl (C=O) groups is 1. The van der Waals surface area contributed by atoms with Gasteiger partial charge in [-0.3, -0.25) is 15.1 Å². The molecule has 2 N–H and O–H groups in total. The number of aliphatic imine (C=N–C) groups is 1. The first-order valence-electron chi connectivity index (χ1n) is 11.9. The summed E-state index contributed by atoms with van der Waals surface area (Å²) in [6.07, 6.45) is 9.41. The lowest BCUT2D eigenvalue weighted by molar-refractivity contribution is -0.117. The van der Waals surface area contributed by atoms with Crippen LogP contribution in [-0.4, -0.2) is 48.5 Å². The number of hydrogen-bond acceptors (Lipinski definition) is 5. The lowest BCUT2D eigenvalue weighted by Gasteiger charge is -2.43. The molecule has 8 nitrogen and oxygen atoms in total. The number of rotatable bonds is 9. The van der Waals surface area contributed by atoms with Crippen molar-refractivity contribution in [1.82, 2.24) is 20.5 Å². The number of allylic oxidation sites excluding steroid dienone is 2. The van der Waals surface area contributed by atoms with E-state index >= 15 is 4.39 Å². The topological polar surface area (TPSA) is 103 Å². The Hall–Kier alpha value is -4.45. The van der Waals surface area contributed by atoms with E-state index in [0.29, 0.717) is 44.0 Å². The molecule has 0 radical (unpaired) electrons. The average Bonchev–Trinajstić information content (AvgIpc) is 2.93. The Kier molecular flexibility index (Phi) is 9.55. The minimum absolute atomic E-state index is 0.210. The molecule has 2 aromatic rings. The maximum atomic E-state index is 15.0. The van der Waals surface area contributed by atoms with Crippen molar-refractivity contribution >= 4 is 11.9 Å². The molecule has 9 heteroatoms. The van der Waals surface area contributed by atoms with Gasteiger partial charge in [0.15, 0.2) is 6.19 Å². The second kappa shape index (κ2) is 13.0. The van der Waals surface area contributed by atoms with E-state index in [0.717, 1.165) is 5.56 Å². The summed E-state index contributed by atoms with van der Waals surface area (Å²) in [7, 11) is 1.44. The number of ether oxygens (including phenoxy) is 1. The number of nitriles is 1. The Morgan fingerprint density at radius 1 is 1.30 bits per heavy atom. The van der Waals surface area contributed by atoms with Gasteiger partial charge in [0.25, 0.3) is 5.91 Å². The van der Waals surface area contributed by atoms with Gasteiger partial charge in [0.2, 0.25) is 5.96 Å². The van der Waals surface area contributed by atoms with Crippen molar-refractivity contribution in [3.05, 3.63) is 102 Å². The highest BCUT2D eigenvalue weighted by atomic mass is 19.1. The quantitative estimate of drug-likeness (QED) is 0.103. The lowest BCUT2D eigenvalue weighted by Crippen LogP contribution is -2.52. The summed E-state index contributed by atoms with van der Waals surface area (Å²) in [5, 5.41) is 14.9. The summed E-state index contributed by atoms with van der Waals surface area (Å²) >= 11 is 0. The molecule has 2 heterocycles. The molecule has 192 valence electrons. The van der Waals surface area contributed by atoms with E-state index in [1.807, 2.05) is 23.2 Å². The Labute approximate surface area is 216 Å². The molecule has 1 aliphatic heterocycles. The zero-order valence-electron chi connectivity index (χ0n) is 20.9. The fourth-order valence-corrected chi connectivity index (χ4v) is 4.37. The van der Waals surface area contributed by atoms with Crippen LogP contribution in [-0.2, 0) is 21.5 Å². The van der Waals surface area contributed by atoms with Crippen LogP contribution in [0.3, 0.4) is 0 Å². The number of hydrogen-bond donors (Lipinski definition) is 2. The van der Waals surface area contributed by atoms with Crippen molar-refractivity contribution in [2.75, 3.05) is 26.7 Å². The minimum atomic E-state index is -0.659. The number of amides is 1. The Balaban J connectivity index is 1.81. The molecular weight excluding hydrogens is 471 g/mol. The molecule has 1 fully saturated rings. The zero-order valence-corrected chi connectivity index (χ0v) is 20.9. The van der Waals surface area contributed by atoms with E-state index in [1.165, 1.54) is 25.3 Å². The maximum Gasteiger partial charge on any atom is 0.255 e. The molecule has 0 spiro atoms. The number of methoxy groups -OCH3 is 1. The van der Waals surface area contributed by atoms with E-state index in [2.05, 4.69) is 33.8 Å². The van der Waals surface area contributed by atoms with E-state index in [1.54, 1.807) is 30.6 Å². The normalized spacial score (nSPS) is 15.3. The van der Waals surface area contributed by atoms with Crippen LogP contribution in [0.15, 0.2) is 90.4 Å². The molecule has 37 heavy (non-hydrogen) atoms. The number of piperidine rings is 1. The number of likely N-dealkylation sites (tertiary alicyclic amines) is 1. The predicted octanol–water partition coefficient (Wildman–Crippen LogP) is 3.57. The van der Waals surface area contributed by atoms with Crippen LogP contribution >= 0.6 is 0 Å². The smallest absolute Gasteiger partial charge is 0.255 e. The third kappa shape index (κ3) is 6.82. The second-order valence-corrected chi connectivity index (χ2v) is 8.61. The van der Waals surface area contributed by atoms with Crippen molar-refractivity contribution in [1.29, 1.82) is 5.26 Å². The summed E-state index contributed by atoms with van der Waals surface area (Å²) in [6, 6.07) is 10.4. The van der Waals surface area contributed by atoms with Crippen LogP contribution in [0.1, 0.15) is 24.0 Å². The molecule has 0 aliphatic carbocycles. The summed E-state index contributed by atoms with van der Waals surface area (Å²) in [5.74, 6) is -0.0337. The monoisotopic (exact) mass is 502 g/mol. The van der Waals surface area contributed by atoms with E-state index in [-0.39, 0.29) is 29.6 Å². The summed E-state index contributed by atoms with van der Waals surface area (Å²) in [5.41, 5.74) is 1.10. The summed E-state index contributed by atoms with van der Waals surface area (Å²) in [6.45, 7) is 9.03. The Morgan fingerprint density at radius 3 is 2.62 bits per heavy atom. The van der Waals surface area contributed by atoms with Gasteiger partial charge in [-0.2, -0.15) is 5.26 Å². The van der Waals surface area contributed by atoms with Crippen LogP contribution in [0.2, 0.25) is 0 Å². The van der Waals surface area contributed by atoms with Crippen molar-refractivity contribution in [3.8, 4) is 6.19 Å². The molecule has 0 bridgehead atoms. The number of nitrogens with zero attached hydrogens (tertiary/aromatic N) is 4. The van der Waals surface area contributed by atoms with Crippen molar-refractivity contribution < 1.29 is 13.9 Å². The number of carbonyl (C=O) groups excluding carboxylic acids is 1. The molecule has 0 atom stereocenters. The van der Waals surface area contributed by atoms with Gasteiger partial charge >= 0.3 is 0 Å². The fraction of sp³-hybridized carbons (Fsp3) is 0.286. The Bertz CT molecular complexity index is 1210. The lowest BCUT2D eigenvalue weighted by atomic mass is 9.72. The summed E-state index contributed by atoms with van der Waals surface area (Å²) in [4.78, 5) is 23.5. The number of nitrogens with one attached hydrogen (secondary N) is 2. The predicted molar refractivity (Wildman–Crippen MR) is 140 cm³/mol. The highest BCUT2D eigenvalue weighted by Crippen LogP contribution is 2.36. The molecule has 0 saturated carbocycles. The van der Waals surface area contributed by atoms with Gasteiger partial charge in [0.05, 0.1) is 19.2 Å². The largest absolute Gasteiger partial charge is 0.497 e. The van der Waals surface area contributed by atoms with Gasteiger partial charge in [-0.05, 0) is 48.2 Å². The molecule has 1 amide bonds. The number of benzene rings is 1. The number of pyridine rings is 1. The number of halogens is 1. The first-order chi connectivity index (χ1) is 17.9. The molecule has 0 unspecified atom stereocenters. The van der Waals surface area contributed by atoms with Crippen LogP contribution in [0.5, 0.6) is 0 Å². The van der Waals surface area contributed by atoms with Gasteiger partial charge in [-0.15, -0.1) is 0 Å². The second-order valence-electron chi connectivity index (χ2n) is 8.61. The molecule has 1 aromatic heterocycles. The van der Waals surface area contributed by atoms with Gasteiger partial charge in [-0.1, -0.05) is 37.4 Å². The molecule has 3 rings (SSSR count). The van der Waals surface area contributed by atoms with Crippen LogP contribution < -0.4 is 10.6 Å². The first-order valence-corrected chi connectivity index (χ1v) is 11.9. The van der Waals surface area contributed by atoms with Crippen molar-refractivity contribution in [3.63, 3.8) is 0 Å². The fourth-order valence-electron chi connectivity index (χ4n) is 4.37. The van der Waals surface area contributed by atoms with E-state index in [4.69, 9.17) is 4.74 Å². The highest BCUT2D eigenvalue weighted by Gasteiger charge is 2.39. The van der Waals surface area contributed by atoms with Gasteiger partial charge in [-0.25, -0.2) is 9.38 Å². The summed E-state index contributed by atoms with van der Waals surface area (Å²) < 4.78 is 20.2. The number of guanidine groups is 1. The third-order valence-electron chi connectivity index (χ3n) is 6.46. The Morgan fingerprint density at radius 2 is 2.00 bits per heavy atom. The van der Waals surface area contributed by atoms with Gasteiger partial charge in [0.1, 0.15) is 11.6 Å². The first kappa shape index (κ1) is 27.1.